The Balaban J connectivity index is 1.72. The Morgan fingerprint density at radius 2 is 2.30 bits per heavy atom. The second-order valence-corrected chi connectivity index (χ2v) is 8.34. The molecule has 3 heterocycles. The number of anilines is 1. The molecule has 23 heavy (non-hydrogen) atoms. The first-order chi connectivity index (χ1) is 10.9. The SMILES string of the molecule is Cc1cc(NC(=O)N(C[C@@H]2CCCO2)[C@H]2CCS(=O)(=O)C2)on1. The van der Waals surface area contributed by atoms with E-state index < -0.39 is 9.84 Å². The quantitative estimate of drug-likeness (QED) is 0.881. The number of carbonyl (C=O) groups is 1. The van der Waals surface area contributed by atoms with Crippen LogP contribution in [0.4, 0.5) is 10.7 Å². The van der Waals surface area contributed by atoms with Crippen LogP contribution in [0.2, 0.25) is 0 Å². The number of amides is 2. The van der Waals surface area contributed by atoms with Crippen LogP contribution in [-0.4, -0.2) is 61.3 Å². The molecule has 0 bridgehead atoms. The van der Waals surface area contributed by atoms with E-state index in [1.54, 1.807) is 17.9 Å². The average molecular weight is 343 g/mol. The van der Waals surface area contributed by atoms with Crippen LogP contribution in [0.3, 0.4) is 0 Å². The fourth-order valence-corrected chi connectivity index (χ4v) is 4.76. The van der Waals surface area contributed by atoms with E-state index in [2.05, 4.69) is 10.5 Å². The summed E-state index contributed by atoms with van der Waals surface area (Å²) in [6.07, 6.45) is 2.26. The van der Waals surface area contributed by atoms with Gasteiger partial charge in [-0.25, -0.2) is 13.2 Å². The summed E-state index contributed by atoms with van der Waals surface area (Å²) in [5.74, 6) is 0.377. The van der Waals surface area contributed by atoms with Crippen LogP contribution in [0, 0.1) is 6.92 Å². The Bertz CT molecular complexity index is 666. The van der Waals surface area contributed by atoms with Crippen molar-refractivity contribution in [3.63, 3.8) is 0 Å². The van der Waals surface area contributed by atoms with Crippen molar-refractivity contribution in [2.45, 2.75) is 38.3 Å². The molecule has 1 N–H and O–H groups in total. The zero-order chi connectivity index (χ0) is 16.4. The van der Waals surface area contributed by atoms with Crippen LogP contribution in [0.15, 0.2) is 10.6 Å². The summed E-state index contributed by atoms with van der Waals surface area (Å²) in [4.78, 5) is 14.2. The number of ether oxygens (including phenoxy) is 1. The van der Waals surface area contributed by atoms with Gasteiger partial charge in [-0.05, 0) is 26.2 Å². The molecule has 9 heteroatoms. The van der Waals surface area contributed by atoms with Crippen molar-refractivity contribution in [3.05, 3.63) is 11.8 Å². The van der Waals surface area contributed by atoms with Crippen LogP contribution >= 0.6 is 0 Å². The van der Waals surface area contributed by atoms with Gasteiger partial charge in [-0.1, -0.05) is 5.16 Å². The molecule has 8 nitrogen and oxygen atoms in total. The third kappa shape index (κ3) is 4.03. The minimum atomic E-state index is -3.07. The van der Waals surface area contributed by atoms with Gasteiger partial charge in [0.1, 0.15) is 0 Å². The standard InChI is InChI=1S/C14H21N3O5S/c1-10-7-13(22-16-10)15-14(18)17(8-12-3-2-5-21-12)11-4-6-23(19,20)9-11/h7,11-12H,2-6,8-9H2,1H3,(H,15,18)/t11-,12-/m0/s1. The van der Waals surface area contributed by atoms with Crippen LogP contribution in [0.1, 0.15) is 25.0 Å². The Morgan fingerprint density at radius 1 is 1.48 bits per heavy atom. The predicted molar refractivity (Wildman–Crippen MR) is 83.0 cm³/mol. The van der Waals surface area contributed by atoms with Crippen molar-refractivity contribution in [3.8, 4) is 0 Å². The van der Waals surface area contributed by atoms with E-state index in [0.29, 0.717) is 25.3 Å². The molecule has 128 valence electrons. The Hall–Kier alpha value is -1.61. The van der Waals surface area contributed by atoms with E-state index in [-0.39, 0.29) is 35.6 Å². The Labute approximate surface area is 135 Å². The highest BCUT2D eigenvalue weighted by Gasteiger charge is 2.36. The number of hydrogen-bond donors (Lipinski definition) is 1. The molecule has 0 aliphatic carbocycles. The van der Waals surface area contributed by atoms with E-state index in [9.17, 15) is 13.2 Å². The maximum absolute atomic E-state index is 12.6. The lowest BCUT2D eigenvalue weighted by molar-refractivity contribution is 0.0749. The summed E-state index contributed by atoms with van der Waals surface area (Å²) in [6.45, 7) is 2.83. The lowest BCUT2D eigenvalue weighted by atomic mass is 10.2. The van der Waals surface area contributed by atoms with Gasteiger partial charge in [-0.3, -0.25) is 5.32 Å². The van der Waals surface area contributed by atoms with Gasteiger partial charge < -0.3 is 14.2 Å². The van der Waals surface area contributed by atoms with E-state index in [1.165, 1.54) is 0 Å². The smallest absolute Gasteiger partial charge is 0.324 e. The minimum Gasteiger partial charge on any atom is -0.376 e. The maximum Gasteiger partial charge on any atom is 0.324 e. The molecule has 2 fully saturated rings. The van der Waals surface area contributed by atoms with E-state index in [0.717, 1.165) is 12.8 Å². The fraction of sp³-hybridized carbons (Fsp3) is 0.714. The molecule has 0 aromatic carbocycles. The van der Waals surface area contributed by atoms with Crippen LogP contribution < -0.4 is 5.32 Å². The van der Waals surface area contributed by atoms with Crippen LogP contribution in [-0.2, 0) is 14.6 Å². The van der Waals surface area contributed by atoms with Gasteiger partial charge in [-0.2, -0.15) is 0 Å². The number of urea groups is 1. The molecule has 2 aliphatic rings. The van der Waals surface area contributed by atoms with Gasteiger partial charge >= 0.3 is 6.03 Å². The third-order valence-electron chi connectivity index (χ3n) is 4.19. The molecular weight excluding hydrogens is 322 g/mol. The second-order valence-electron chi connectivity index (χ2n) is 6.11. The molecule has 2 atom stereocenters. The topological polar surface area (TPSA) is 102 Å². The van der Waals surface area contributed by atoms with Crippen molar-refractivity contribution < 1.29 is 22.5 Å². The van der Waals surface area contributed by atoms with Gasteiger partial charge in [0, 0.05) is 25.3 Å². The Morgan fingerprint density at radius 3 is 2.87 bits per heavy atom. The van der Waals surface area contributed by atoms with Gasteiger partial charge in [0.05, 0.1) is 23.3 Å². The number of aryl methyl sites for hydroxylation is 1. The zero-order valence-electron chi connectivity index (χ0n) is 13.0. The van der Waals surface area contributed by atoms with Crippen molar-refractivity contribution in [2.75, 3.05) is 30.0 Å². The lowest BCUT2D eigenvalue weighted by Gasteiger charge is -2.30. The van der Waals surface area contributed by atoms with E-state index in [1.807, 2.05) is 0 Å². The van der Waals surface area contributed by atoms with Crippen molar-refractivity contribution >= 4 is 21.8 Å². The minimum absolute atomic E-state index is 0.00255. The summed E-state index contributed by atoms with van der Waals surface area (Å²) in [6, 6.07) is 0.917. The number of sulfone groups is 1. The molecule has 1 aromatic rings. The number of carbonyl (C=O) groups excluding carboxylic acids is 1. The summed E-state index contributed by atoms with van der Waals surface area (Å²) in [5.41, 5.74) is 0.662. The summed E-state index contributed by atoms with van der Waals surface area (Å²) in [7, 11) is -3.07. The summed E-state index contributed by atoms with van der Waals surface area (Å²) in [5, 5.41) is 6.37. The number of nitrogens with zero attached hydrogens (tertiary/aromatic N) is 2. The fourth-order valence-electron chi connectivity index (χ4n) is 3.03. The molecule has 0 radical (unpaired) electrons. The first-order valence-electron chi connectivity index (χ1n) is 7.76. The maximum atomic E-state index is 12.6. The van der Waals surface area contributed by atoms with Crippen molar-refractivity contribution in [2.24, 2.45) is 0 Å². The summed E-state index contributed by atoms with van der Waals surface area (Å²) < 4.78 is 34.1. The highest BCUT2D eigenvalue weighted by atomic mass is 32.2. The molecular formula is C14H21N3O5S. The highest BCUT2D eigenvalue weighted by Crippen LogP contribution is 2.22. The van der Waals surface area contributed by atoms with Gasteiger partial charge in [0.15, 0.2) is 9.84 Å². The molecule has 1 aromatic heterocycles. The molecule has 0 spiro atoms. The van der Waals surface area contributed by atoms with Gasteiger partial charge in [0.25, 0.3) is 0 Å². The molecule has 0 saturated carbocycles. The Kier molecular flexibility index (Phi) is 4.58. The number of nitrogens with one attached hydrogen (secondary N) is 1. The molecule has 2 aliphatic heterocycles. The van der Waals surface area contributed by atoms with Gasteiger partial charge in [-0.15, -0.1) is 0 Å². The molecule has 3 rings (SSSR count). The number of hydrogen-bond acceptors (Lipinski definition) is 6. The van der Waals surface area contributed by atoms with E-state index >= 15 is 0 Å². The highest BCUT2D eigenvalue weighted by molar-refractivity contribution is 7.91. The molecule has 2 saturated heterocycles. The van der Waals surface area contributed by atoms with Crippen LogP contribution in [0.25, 0.3) is 0 Å². The normalized spacial score (nSPS) is 26.3. The number of rotatable bonds is 4. The number of aromatic nitrogens is 1. The zero-order valence-corrected chi connectivity index (χ0v) is 13.8. The van der Waals surface area contributed by atoms with Crippen molar-refractivity contribution in [1.82, 2.24) is 10.1 Å². The molecule has 2 amide bonds. The average Bonchev–Trinajstić information content (AvgIpc) is 3.18. The monoisotopic (exact) mass is 343 g/mol. The second kappa shape index (κ2) is 6.48. The van der Waals surface area contributed by atoms with Gasteiger partial charge in [0.2, 0.25) is 5.88 Å². The third-order valence-corrected chi connectivity index (χ3v) is 5.94. The first-order valence-corrected chi connectivity index (χ1v) is 9.58. The largest absolute Gasteiger partial charge is 0.376 e. The molecule has 0 unspecified atom stereocenters. The van der Waals surface area contributed by atoms with E-state index in [4.69, 9.17) is 9.26 Å². The summed E-state index contributed by atoms with van der Waals surface area (Å²) >= 11 is 0. The van der Waals surface area contributed by atoms with Crippen LogP contribution in [0.5, 0.6) is 0 Å². The first kappa shape index (κ1) is 16.3. The predicted octanol–water partition coefficient (Wildman–Crippen LogP) is 1.18. The lowest BCUT2D eigenvalue weighted by Crippen LogP contribution is -2.47. The van der Waals surface area contributed by atoms with Crippen molar-refractivity contribution in [1.29, 1.82) is 0 Å².